The van der Waals surface area contributed by atoms with E-state index in [-0.39, 0.29) is 12.5 Å². The summed E-state index contributed by atoms with van der Waals surface area (Å²) in [5, 5.41) is 12.1. The Hall–Kier alpha value is -2.78. The number of thiophene rings is 1. The summed E-state index contributed by atoms with van der Waals surface area (Å²) in [5.41, 5.74) is 6.30. The van der Waals surface area contributed by atoms with Gasteiger partial charge in [0.25, 0.3) is 0 Å². The normalized spacial score (nSPS) is 10.7. The summed E-state index contributed by atoms with van der Waals surface area (Å²) >= 11 is 7.39. The minimum absolute atomic E-state index is 0.0146. The number of halogens is 1. The fraction of sp³-hybridized carbons (Fsp3) is 0.235. The van der Waals surface area contributed by atoms with Crippen LogP contribution in [0.5, 0.6) is 0 Å². The Bertz CT molecular complexity index is 953. The molecular weight excluding hydrogens is 388 g/mol. The number of nitrogens with zero attached hydrogens (tertiary/aromatic N) is 5. The number of hydrogen-bond acceptors (Lipinski definition) is 6. The fourth-order valence-corrected chi connectivity index (χ4v) is 3.53. The second-order valence-electron chi connectivity index (χ2n) is 5.70. The number of benzene rings is 1. The van der Waals surface area contributed by atoms with E-state index >= 15 is 0 Å². The second-order valence-corrected chi connectivity index (χ2v) is 7.50. The molecule has 10 heteroatoms. The molecule has 0 radical (unpaired) electrons. The molecule has 0 spiro atoms. The Morgan fingerprint density at radius 2 is 1.96 bits per heavy atom. The molecule has 2 N–H and O–H groups in total. The summed E-state index contributed by atoms with van der Waals surface area (Å²) in [7, 11) is 0. The van der Waals surface area contributed by atoms with E-state index in [2.05, 4.69) is 15.4 Å². The van der Waals surface area contributed by atoms with Gasteiger partial charge in [0.1, 0.15) is 6.54 Å². The first-order valence-electron chi connectivity index (χ1n) is 8.16. The molecule has 0 unspecified atom stereocenters. The average molecular weight is 405 g/mol. The molecule has 1 aromatic carbocycles. The predicted octanol–water partition coefficient (Wildman–Crippen LogP) is 2.20. The van der Waals surface area contributed by atoms with Crippen LogP contribution in [0.4, 0.5) is 0 Å². The highest BCUT2D eigenvalue weighted by atomic mass is 35.5. The lowest BCUT2D eigenvalue weighted by atomic mass is 10.1. The number of tetrazole rings is 1. The van der Waals surface area contributed by atoms with Crippen LogP contribution in [0.15, 0.2) is 36.4 Å². The van der Waals surface area contributed by atoms with Crippen molar-refractivity contribution in [3.63, 3.8) is 0 Å². The summed E-state index contributed by atoms with van der Waals surface area (Å²) in [4.78, 5) is 27.6. The van der Waals surface area contributed by atoms with Gasteiger partial charge in [-0.05, 0) is 36.4 Å². The van der Waals surface area contributed by atoms with Gasteiger partial charge in [-0.15, -0.1) is 21.5 Å². The average Bonchev–Trinajstić information content (AvgIpc) is 3.28. The number of rotatable bonds is 7. The van der Waals surface area contributed by atoms with Crippen molar-refractivity contribution >= 4 is 34.8 Å². The van der Waals surface area contributed by atoms with Crippen LogP contribution in [0.25, 0.3) is 11.4 Å². The zero-order chi connectivity index (χ0) is 19.4. The number of primary amides is 1. The first-order chi connectivity index (χ1) is 13.0. The quantitative estimate of drug-likeness (QED) is 0.649. The smallest absolute Gasteiger partial charge is 0.248 e. The number of likely N-dealkylation sites (N-methyl/N-ethyl adjacent to an activating group) is 1. The SMILES string of the molecule is CCN(Cc1ccc(Cl)s1)C(=O)Cn1nnc(-c2ccc(C(N)=O)cc2)n1. The predicted molar refractivity (Wildman–Crippen MR) is 102 cm³/mol. The summed E-state index contributed by atoms with van der Waals surface area (Å²) in [6.07, 6.45) is 0. The van der Waals surface area contributed by atoms with E-state index in [9.17, 15) is 9.59 Å². The monoisotopic (exact) mass is 404 g/mol. The second kappa shape index (κ2) is 8.28. The highest BCUT2D eigenvalue weighted by Gasteiger charge is 2.16. The molecule has 2 aromatic heterocycles. The van der Waals surface area contributed by atoms with E-state index in [1.54, 1.807) is 29.2 Å². The molecule has 0 saturated heterocycles. The fourth-order valence-electron chi connectivity index (χ4n) is 2.43. The van der Waals surface area contributed by atoms with Crippen LogP contribution in [0.1, 0.15) is 22.2 Å². The molecule has 140 valence electrons. The summed E-state index contributed by atoms with van der Waals surface area (Å²) in [5.74, 6) is -0.252. The molecule has 27 heavy (non-hydrogen) atoms. The van der Waals surface area contributed by atoms with Gasteiger partial charge >= 0.3 is 0 Å². The molecule has 3 rings (SSSR count). The highest BCUT2D eigenvalue weighted by Crippen LogP contribution is 2.22. The molecule has 0 atom stereocenters. The third kappa shape index (κ3) is 4.69. The van der Waals surface area contributed by atoms with Crippen LogP contribution >= 0.6 is 22.9 Å². The van der Waals surface area contributed by atoms with Crippen LogP contribution in [0.2, 0.25) is 4.34 Å². The van der Waals surface area contributed by atoms with Crippen LogP contribution in [-0.2, 0) is 17.9 Å². The van der Waals surface area contributed by atoms with Gasteiger partial charge in [0.05, 0.1) is 10.9 Å². The topological polar surface area (TPSA) is 107 Å². The van der Waals surface area contributed by atoms with Crippen molar-refractivity contribution in [2.24, 2.45) is 5.73 Å². The van der Waals surface area contributed by atoms with Crippen molar-refractivity contribution < 1.29 is 9.59 Å². The zero-order valence-corrected chi connectivity index (χ0v) is 16.1. The van der Waals surface area contributed by atoms with Gasteiger partial charge in [-0.3, -0.25) is 9.59 Å². The van der Waals surface area contributed by atoms with E-state index in [0.29, 0.717) is 34.4 Å². The van der Waals surface area contributed by atoms with Gasteiger partial charge in [-0.2, -0.15) is 4.80 Å². The Labute approximate surface area is 164 Å². The maximum atomic E-state index is 12.5. The number of hydrogen-bond donors (Lipinski definition) is 1. The molecule has 0 aliphatic rings. The standard InChI is InChI=1S/C17H17ClN6O2S/c1-2-23(9-13-7-8-14(18)27-13)15(25)10-24-21-17(20-22-24)12-5-3-11(4-6-12)16(19)26/h3-8H,2,9-10H2,1H3,(H2,19,26). The van der Waals surface area contributed by atoms with Crippen molar-refractivity contribution in [3.05, 3.63) is 51.2 Å². The van der Waals surface area contributed by atoms with Crippen LogP contribution in [-0.4, -0.2) is 43.5 Å². The summed E-state index contributed by atoms with van der Waals surface area (Å²) in [6.45, 7) is 2.94. The Balaban J connectivity index is 1.66. The molecule has 0 fully saturated rings. The van der Waals surface area contributed by atoms with Crippen molar-refractivity contribution in [1.82, 2.24) is 25.1 Å². The van der Waals surface area contributed by atoms with Crippen molar-refractivity contribution in [2.75, 3.05) is 6.54 Å². The summed E-state index contributed by atoms with van der Waals surface area (Å²) in [6, 6.07) is 10.3. The van der Waals surface area contributed by atoms with E-state index in [0.717, 1.165) is 4.88 Å². The van der Waals surface area contributed by atoms with E-state index in [4.69, 9.17) is 17.3 Å². The third-order valence-electron chi connectivity index (χ3n) is 3.87. The Kier molecular flexibility index (Phi) is 5.82. The van der Waals surface area contributed by atoms with Crippen LogP contribution in [0.3, 0.4) is 0 Å². The van der Waals surface area contributed by atoms with Gasteiger partial charge in [0.15, 0.2) is 0 Å². The molecule has 8 nitrogen and oxygen atoms in total. The van der Waals surface area contributed by atoms with Gasteiger partial charge in [0.2, 0.25) is 17.6 Å². The third-order valence-corrected chi connectivity index (χ3v) is 5.08. The van der Waals surface area contributed by atoms with E-state index in [1.807, 2.05) is 19.1 Å². The van der Waals surface area contributed by atoms with Gasteiger partial charge in [-0.25, -0.2) is 0 Å². The number of aromatic nitrogens is 4. The number of carbonyl (C=O) groups is 2. The summed E-state index contributed by atoms with van der Waals surface area (Å²) < 4.78 is 0.693. The largest absolute Gasteiger partial charge is 0.366 e. The maximum absolute atomic E-state index is 12.5. The Morgan fingerprint density at radius 3 is 2.56 bits per heavy atom. The van der Waals surface area contributed by atoms with Gasteiger partial charge in [0, 0.05) is 22.5 Å². The number of carbonyl (C=O) groups excluding carboxylic acids is 2. The van der Waals surface area contributed by atoms with E-state index in [1.165, 1.54) is 16.1 Å². The minimum atomic E-state index is -0.504. The molecule has 0 aliphatic heterocycles. The molecule has 0 aliphatic carbocycles. The molecule has 0 saturated carbocycles. The molecule has 0 bridgehead atoms. The molecule has 2 amide bonds. The lowest BCUT2D eigenvalue weighted by molar-refractivity contribution is -0.132. The van der Waals surface area contributed by atoms with Crippen molar-refractivity contribution in [3.8, 4) is 11.4 Å². The van der Waals surface area contributed by atoms with E-state index < -0.39 is 5.91 Å². The molecule has 2 heterocycles. The minimum Gasteiger partial charge on any atom is -0.366 e. The first kappa shape index (κ1) is 19.0. The number of nitrogens with two attached hydrogens (primary N) is 1. The zero-order valence-electron chi connectivity index (χ0n) is 14.5. The van der Waals surface area contributed by atoms with Crippen molar-refractivity contribution in [1.29, 1.82) is 0 Å². The lowest BCUT2D eigenvalue weighted by Gasteiger charge is -2.19. The van der Waals surface area contributed by atoms with Crippen LogP contribution < -0.4 is 5.73 Å². The first-order valence-corrected chi connectivity index (χ1v) is 9.35. The lowest BCUT2D eigenvalue weighted by Crippen LogP contribution is -2.33. The molecular formula is C17H17ClN6O2S. The number of amides is 2. The van der Waals surface area contributed by atoms with Gasteiger partial charge < -0.3 is 10.6 Å². The van der Waals surface area contributed by atoms with Gasteiger partial charge in [-0.1, -0.05) is 23.7 Å². The molecule has 3 aromatic rings. The van der Waals surface area contributed by atoms with Crippen LogP contribution in [0, 0.1) is 0 Å². The highest BCUT2D eigenvalue weighted by molar-refractivity contribution is 7.16. The van der Waals surface area contributed by atoms with Crippen molar-refractivity contribution in [2.45, 2.75) is 20.0 Å². The Morgan fingerprint density at radius 1 is 1.22 bits per heavy atom. The maximum Gasteiger partial charge on any atom is 0.248 e.